The Hall–Kier alpha value is -5.87. The first-order valence-electron chi connectivity index (χ1n) is 16.0. The standard InChI is InChI=1S/C43H34N4/c1-42(31-16-5-3-6-17-31,38-22-11-13-28-44-38)33-26-27-35-34-20-9-10-21-36(34)47(37(35)30-33)41-25-15-24-40(46-41)43(2,32-18-7-4-8-19-32)39-23-12-14-29-45-39/h3-30H,1-2H3/t42?,43-/m1/s1. The van der Waals surface area contributed by atoms with Crippen LogP contribution in [0, 0.1) is 0 Å². The number of nitrogens with zero attached hydrogens (tertiary/aromatic N) is 4. The third kappa shape index (κ3) is 4.64. The Morgan fingerprint density at radius 3 is 1.64 bits per heavy atom. The van der Waals surface area contributed by atoms with Crippen LogP contribution in [0.2, 0.25) is 0 Å². The molecule has 4 heteroatoms. The number of hydrogen-bond donors (Lipinski definition) is 0. The Kier molecular flexibility index (Phi) is 6.99. The molecule has 0 aliphatic rings. The van der Waals surface area contributed by atoms with Crippen molar-refractivity contribution in [3.05, 3.63) is 204 Å². The van der Waals surface area contributed by atoms with Crippen molar-refractivity contribution >= 4 is 21.8 Å². The lowest BCUT2D eigenvalue weighted by atomic mass is 9.73. The molecule has 4 heterocycles. The third-order valence-electron chi connectivity index (χ3n) is 9.78. The molecule has 0 amide bonds. The Morgan fingerprint density at radius 1 is 0.426 bits per heavy atom. The van der Waals surface area contributed by atoms with Crippen LogP contribution in [0.5, 0.6) is 0 Å². The normalized spacial score (nSPS) is 14.1. The summed E-state index contributed by atoms with van der Waals surface area (Å²) in [5.41, 5.74) is 7.56. The van der Waals surface area contributed by atoms with E-state index in [2.05, 4.69) is 158 Å². The van der Waals surface area contributed by atoms with E-state index in [4.69, 9.17) is 15.0 Å². The molecule has 2 atom stereocenters. The minimum absolute atomic E-state index is 0.474. The van der Waals surface area contributed by atoms with E-state index in [9.17, 15) is 0 Å². The highest BCUT2D eigenvalue weighted by Gasteiger charge is 2.35. The van der Waals surface area contributed by atoms with Crippen molar-refractivity contribution in [2.75, 3.05) is 0 Å². The summed E-state index contributed by atoms with van der Waals surface area (Å²) in [6, 6.07) is 55.3. The summed E-state index contributed by atoms with van der Waals surface area (Å²) in [5, 5.41) is 2.37. The Labute approximate surface area is 275 Å². The summed E-state index contributed by atoms with van der Waals surface area (Å²) < 4.78 is 2.31. The van der Waals surface area contributed by atoms with Crippen LogP contribution in [0.1, 0.15) is 47.6 Å². The summed E-state index contributed by atoms with van der Waals surface area (Å²) in [5.74, 6) is 0.864. The molecule has 0 aliphatic carbocycles. The van der Waals surface area contributed by atoms with Crippen LogP contribution in [-0.4, -0.2) is 19.5 Å². The zero-order chi connectivity index (χ0) is 31.8. The molecule has 0 saturated heterocycles. The van der Waals surface area contributed by atoms with Crippen molar-refractivity contribution < 1.29 is 0 Å². The lowest BCUT2D eigenvalue weighted by Crippen LogP contribution is -2.28. The molecular weight excluding hydrogens is 573 g/mol. The molecule has 1 unspecified atom stereocenters. The van der Waals surface area contributed by atoms with Gasteiger partial charge in [0.25, 0.3) is 0 Å². The monoisotopic (exact) mass is 606 g/mol. The SMILES string of the molecule is CC(c1ccccc1)(c1ccc2c3ccccc3n(-c3cccc([C@](C)(c4ccccc4)c4ccccn4)n3)c2c1)c1ccccn1. The van der Waals surface area contributed by atoms with Crippen LogP contribution in [0.25, 0.3) is 27.6 Å². The van der Waals surface area contributed by atoms with Crippen LogP contribution in [0.4, 0.5) is 0 Å². The Balaban J connectivity index is 1.38. The van der Waals surface area contributed by atoms with Crippen LogP contribution in [0.3, 0.4) is 0 Å². The quantitative estimate of drug-likeness (QED) is 0.181. The molecule has 4 nitrogen and oxygen atoms in total. The molecule has 4 aromatic heterocycles. The number of fused-ring (bicyclic) bond motifs is 3. The summed E-state index contributed by atoms with van der Waals surface area (Å²) in [6.45, 7) is 4.49. The molecule has 0 N–H and O–H groups in total. The van der Waals surface area contributed by atoms with E-state index in [1.54, 1.807) is 0 Å². The van der Waals surface area contributed by atoms with E-state index < -0.39 is 10.8 Å². The highest BCUT2D eigenvalue weighted by molar-refractivity contribution is 6.09. The largest absolute Gasteiger partial charge is 0.294 e. The average molecular weight is 607 g/mol. The maximum Gasteiger partial charge on any atom is 0.137 e. The first-order valence-corrected chi connectivity index (χ1v) is 16.0. The summed E-state index contributed by atoms with van der Waals surface area (Å²) >= 11 is 0. The van der Waals surface area contributed by atoms with Gasteiger partial charge in [0, 0.05) is 23.2 Å². The van der Waals surface area contributed by atoms with Gasteiger partial charge in [0.15, 0.2) is 0 Å². The molecule has 0 radical (unpaired) electrons. The summed E-state index contributed by atoms with van der Waals surface area (Å²) in [7, 11) is 0. The van der Waals surface area contributed by atoms with E-state index in [0.717, 1.165) is 45.1 Å². The van der Waals surface area contributed by atoms with Gasteiger partial charge in [0.2, 0.25) is 0 Å². The maximum atomic E-state index is 5.46. The van der Waals surface area contributed by atoms with E-state index >= 15 is 0 Å². The fourth-order valence-corrected chi connectivity index (χ4v) is 7.10. The minimum Gasteiger partial charge on any atom is -0.294 e. The molecule has 8 aromatic rings. The van der Waals surface area contributed by atoms with Gasteiger partial charge in [-0.15, -0.1) is 0 Å². The van der Waals surface area contributed by atoms with Gasteiger partial charge < -0.3 is 0 Å². The average Bonchev–Trinajstić information content (AvgIpc) is 3.49. The van der Waals surface area contributed by atoms with Crippen LogP contribution < -0.4 is 0 Å². The first kappa shape index (κ1) is 28.6. The van der Waals surface area contributed by atoms with Crippen LogP contribution in [0.15, 0.2) is 170 Å². The van der Waals surface area contributed by atoms with E-state index in [1.165, 1.54) is 16.3 Å². The molecule has 47 heavy (non-hydrogen) atoms. The van der Waals surface area contributed by atoms with Crippen molar-refractivity contribution in [3.63, 3.8) is 0 Å². The number of aromatic nitrogens is 4. The lowest BCUT2D eigenvalue weighted by Gasteiger charge is -2.31. The summed E-state index contributed by atoms with van der Waals surface area (Å²) in [4.78, 5) is 15.2. The smallest absolute Gasteiger partial charge is 0.137 e. The van der Waals surface area contributed by atoms with Gasteiger partial charge in [-0.3, -0.25) is 14.5 Å². The van der Waals surface area contributed by atoms with Gasteiger partial charge >= 0.3 is 0 Å². The first-order chi connectivity index (χ1) is 23.1. The molecule has 0 aliphatic heterocycles. The van der Waals surface area contributed by atoms with Crippen LogP contribution in [-0.2, 0) is 10.8 Å². The van der Waals surface area contributed by atoms with Gasteiger partial charge in [-0.1, -0.05) is 109 Å². The molecule has 8 rings (SSSR count). The number of hydrogen-bond acceptors (Lipinski definition) is 3. The van der Waals surface area contributed by atoms with Gasteiger partial charge in [0.1, 0.15) is 5.82 Å². The maximum absolute atomic E-state index is 5.46. The number of pyridine rings is 3. The Bertz CT molecular complexity index is 2230. The van der Waals surface area contributed by atoms with Gasteiger partial charge in [-0.2, -0.15) is 0 Å². The highest BCUT2D eigenvalue weighted by Crippen LogP contribution is 2.42. The van der Waals surface area contributed by atoms with Crippen molar-refractivity contribution in [3.8, 4) is 5.82 Å². The molecular formula is C43H34N4. The molecule has 0 saturated carbocycles. The highest BCUT2D eigenvalue weighted by atomic mass is 15.1. The fraction of sp³-hybridized carbons (Fsp3) is 0.0930. The zero-order valence-electron chi connectivity index (χ0n) is 26.5. The fourth-order valence-electron chi connectivity index (χ4n) is 7.10. The van der Waals surface area contributed by atoms with Gasteiger partial charge in [-0.05, 0) is 79.1 Å². The lowest BCUT2D eigenvalue weighted by molar-refractivity contribution is 0.639. The molecule has 0 bridgehead atoms. The Morgan fingerprint density at radius 2 is 0.979 bits per heavy atom. The predicted molar refractivity (Wildman–Crippen MR) is 191 cm³/mol. The van der Waals surface area contributed by atoms with E-state index in [1.807, 2.05) is 30.6 Å². The van der Waals surface area contributed by atoms with Crippen molar-refractivity contribution in [1.29, 1.82) is 0 Å². The van der Waals surface area contributed by atoms with Crippen molar-refractivity contribution in [2.45, 2.75) is 24.7 Å². The third-order valence-corrected chi connectivity index (χ3v) is 9.78. The van der Waals surface area contributed by atoms with Gasteiger partial charge in [-0.25, -0.2) is 4.98 Å². The topological polar surface area (TPSA) is 43.6 Å². The van der Waals surface area contributed by atoms with E-state index in [0.29, 0.717) is 0 Å². The second-order valence-electron chi connectivity index (χ2n) is 12.4. The molecule has 226 valence electrons. The van der Waals surface area contributed by atoms with E-state index in [-0.39, 0.29) is 0 Å². The second-order valence-corrected chi connectivity index (χ2v) is 12.4. The van der Waals surface area contributed by atoms with Crippen molar-refractivity contribution in [2.24, 2.45) is 0 Å². The number of para-hydroxylation sites is 1. The second kappa shape index (κ2) is 11.5. The van der Waals surface area contributed by atoms with Crippen molar-refractivity contribution in [1.82, 2.24) is 19.5 Å². The number of benzene rings is 4. The zero-order valence-corrected chi connectivity index (χ0v) is 26.5. The molecule has 0 spiro atoms. The van der Waals surface area contributed by atoms with Gasteiger partial charge in [0.05, 0.1) is 38.9 Å². The molecule has 0 fully saturated rings. The summed E-state index contributed by atoms with van der Waals surface area (Å²) in [6.07, 6.45) is 3.74. The minimum atomic E-state index is -0.562. The molecule has 4 aromatic carbocycles. The predicted octanol–water partition coefficient (Wildman–Crippen LogP) is 9.68. The van der Waals surface area contributed by atoms with Crippen LogP contribution >= 0.6 is 0 Å². The number of rotatable bonds is 7.